The third kappa shape index (κ3) is 4.56. The molecule has 5 heteroatoms. The van der Waals surface area contributed by atoms with Gasteiger partial charge in [0.1, 0.15) is 0 Å². The number of nitrogens with one attached hydrogen (secondary N) is 1. The molecule has 0 saturated heterocycles. The van der Waals surface area contributed by atoms with Crippen molar-refractivity contribution < 1.29 is 9.53 Å². The van der Waals surface area contributed by atoms with Crippen molar-refractivity contribution in [3.63, 3.8) is 0 Å². The van der Waals surface area contributed by atoms with E-state index in [4.69, 9.17) is 4.74 Å². The molecule has 0 aliphatic heterocycles. The number of amides is 1. The van der Waals surface area contributed by atoms with Crippen LogP contribution in [0.15, 0.2) is 22.5 Å². The van der Waals surface area contributed by atoms with Gasteiger partial charge in [-0.05, 0) is 31.7 Å². The normalized spacial score (nSPS) is 13.2. The summed E-state index contributed by atoms with van der Waals surface area (Å²) in [5, 5.41) is 4.55. The van der Waals surface area contributed by atoms with Gasteiger partial charge in [-0.1, -0.05) is 13.0 Å². The number of carbonyl (C=O) groups excluding carboxylic acids is 1. The maximum Gasteiger partial charge on any atom is 0.291 e. The molecule has 0 aromatic carbocycles. The highest BCUT2D eigenvalue weighted by Gasteiger charge is 2.11. The molecule has 1 aromatic heterocycles. The molecular weight excluding hydrogens is 236 g/mol. The minimum Gasteiger partial charge on any atom is -0.465 e. The number of aliphatic imine (C=N–C) groups is 1. The van der Waals surface area contributed by atoms with Gasteiger partial charge >= 0.3 is 0 Å². The average Bonchev–Trinajstić information content (AvgIpc) is 2.82. The van der Waals surface area contributed by atoms with Crippen LogP contribution in [0.5, 0.6) is 0 Å². The Bertz CT molecular complexity index is 374. The number of thiophene rings is 1. The zero-order chi connectivity index (χ0) is 12.7. The minimum absolute atomic E-state index is 0.139. The molecular formula is C12H18N2O2S. The van der Waals surface area contributed by atoms with E-state index in [2.05, 4.69) is 10.3 Å². The summed E-state index contributed by atoms with van der Waals surface area (Å²) in [5.41, 5.74) is 0. The van der Waals surface area contributed by atoms with Crippen LogP contribution in [0, 0.1) is 0 Å². The Morgan fingerprint density at radius 1 is 1.59 bits per heavy atom. The fourth-order valence-electron chi connectivity index (χ4n) is 1.10. The van der Waals surface area contributed by atoms with Gasteiger partial charge in [0, 0.05) is 0 Å². The van der Waals surface area contributed by atoms with Gasteiger partial charge in [0.05, 0.1) is 17.5 Å². The third-order valence-corrected chi connectivity index (χ3v) is 3.04. The first-order valence-electron chi connectivity index (χ1n) is 5.72. The summed E-state index contributed by atoms with van der Waals surface area (Å²) < 4.78 is 5.31. The summed E-state index contributed by atoms with van der Waals surface area (Å²) in [6, 6.07) is 4.05. The zero-order valence-electron chi connectivity index (χ0n) is 10.4. The first-order valence-corrected chi connectivity index (χ1v) is 6.60. The molecule has 0 aliphatic carbocycles. The van der Waals surface area contributed by atoms with Gasteiger partial charge in [-0.2, -0.15) is 0 Å². The van der Waals surface area contributed by atoms with Crippen LogP contribution >= 0.6 is 11.3 Å². The Labute approximate surface area is 106 Å². The van der Waals surface area contributed by atoms with Gasteiger partial charge in [0.15, 0.2) is 0 Å². The Balaban J connectivity index is 2.67. The molecule has 1 heterocycles. The Kier molecular flexibility index (Phi) is 5.69. The van der Waals surface area contributed by atoms with Crippen LogP contribution in [0.25, 0.3) is 0 Å². The van der Waals surface area contributed by atoms with Crippen molar-refractivity contribution in [2.24, 2.45) is 4.99 Å². The highest BCUT2D eigenvalue weighted by Crippen LogP contribution is 2.08. The lowest BCUT2D eigenvalue weighted by molar-refractivity contribution is 0.0970. The summed E-state index contributed by atoms with van der Waals surface area (Å²) in [7, 11) is 0. The van der Waals surface area contributed by atoms with Crippen LogP contribution < -0.4 is 5.32 Å². The second kappa shape index (κ2) is 7.06. The van der Waals surface area contributed by atoms with Crippen molar-refractivity contribution in [3.05, 3.63) is 22.4 Å². The number of nitrogens with zero attached hydrogens (tertiary/aromatic N) is 1. The van der Waals surface area contributed by atoms with E-state index in [0.29, 0.717) is 17.5 Å². The van der Waals surface area contributed by atoms with Crippen LogP contribution in [-0.2, 0) is 4.74 Å². The smallest absolute Gasteiger partial charge is 0.291 e. The molecule has 4 nitrogen and oxygen atoms in total. The molecule has 0 radical (unpaired) electrons. The fraction of sp³-hybridized carbons (Fsp3) is 0.500. The first kappa shape index (κ1) is 13.7. The lowest BCUT2D eigenvalue weighted by Crippen LogP contribution is -2.33. The van der Waals surface area contributed by atoms with E-state index in [1.807, 2.05) is 32.2 Å². The number of hydrogen-bond acceptors (Lipinski definition) is 4. The molecule has 1 aromatic rings. The third-order valence-electron chi connectivity index (χ3n) is 2.17. The van der Waals surface area contributed by atoms with Gasteiger partial charge < -0.3 is 4.74 Å². The Morgan fingerprint density at radius 2 is 2.35 bits per heavy atom. The maximum absolute atomic E-state index is 11.8. The maximum atomic E-state index is 11.8. The summed E-state index contributed by atoms with van der Waals surface area (Å²) >= 11 is 1.39. The van der Waals surface area contributed by atoms with Crippen molar-refractivity contribution in [2.45, 2.75) is 33.2 Å². The monoisotopic (exact) mass is 254 g/mol. The van der Waals surface area contributed by atoms with Crippen molar-refractivity contribution in [1.29, 1.82) is 0 Å². The van der Waals surface area contributed by atoms with Crippen LogP contribution in [0.1, 0.15) is 36.9 Å². The molecule has 17 heavy (non-hydrogen) atoms. The molecule has 0 aliphatic rings. The largest absolute Gasteiger partial charge is 0.465 e. The molecule has 0 spiro atoms. The summed E-state index contributed by atoms with van der Waals surface area (Å²) in [6.07, 6.45) is 0.908. The molecule has 0 saturated carbocycles. The molecule has 0 bridgehead atoms. The number of ether oxygens (including phenoxy) is 1. The predicted molar refractivity (Wildman–Crippen MR) is 70.6 cm³/mol. The van der Waals surface area contributed by atoms with E-state index in [-0.39, 0.29) is 11.9 Å². The Hall–Kier alpha value is -1.36. The van der Waals surface area contributed by atoms with E-state index in [1.54, 1.807) is 6.07 Å². The van der Waals surface area contributed by atoms with Gasteiger partial charge in [0.2, 0.25) is 0 Å². The minimum atomic E-state index is -0.171. The molecule has 1 N–H and O–H groups in total. The average molecular weight is 254 g/mol. The summed E-state index contributed by atoms with van der Waals surface area (Å²) in [4.78, 5) is 16.8. The second-order valence-electron chi connectivity index (χ2n) is 3.56. The Morgan fingerprint density at radius 3 is 2.88 bits per heavy atom. The number of hydrogen-bond donors (Lipinski definition) is 1. The van der Waals surface area contributed by atoms with Crippen molar-refractivity contribution in [2.75, 3.05) is 6.61 Å². The summed E-state index contributed by atoms with van der Waals surface area (Å²) in [5.74, 6) is -0.171. The van der Waals surface area contributed by atoms with Crippen molar-refractivity contribution >= 4 is 23.3 Å². The molecule has 1 atom stereocenters. The van der Waals surface area contributed by atoms with E-state index < -0.39 is 0 Å². The SMILES string of the molecule is CCOC(=NC(C)CC)NC(=O)c1cccs1. The van der Waals surface area contributed by atoms with Crippen molar-refractivity contribution in [3.8, 4) is 0 Å². The predicted octanol–water partition coefficient (Wildman–Crippen LogP) is 2.67. The number of rotatable bonds is 4. The molecule has 1 unspecified atom stereocenters. The zero-order valence-corrected chi connectivity index (χ0v) is 11.2. The lowest BCUT2D eigenvalue weighted by Gasteiger charge is -2.10. The first-order chi connectivity index (χ1) is 8.17. The fourth-order valence-corrected chi connectivity index (χ4v) is 1.72. The van der Waals surface area contributed by atoms with Crippen molar-refractivity contribution in [1.82, 2.24) is 5.32 Å². The van der Waals surface area contributed by atoms with Gasteiger partial charge in [-0.3, -0.25) is 10.1 Å². The molecule has 0 fully saturated rings. The molecule has 1 amide bonds. The number of amidine groups is 1. The van der Waals surface area contributed by atoms with Crippen LogP contribution in [0.4, 0.5) is 0 Å². The standard InChI is InChI=1S/C12H18N2O2S/c1-4-9(3)13-12(16-5-2)14-11(15)10-7-6-8-17-10/h6-9H,4-5H2,1-3H3,(H,13,14,15). The summed E-state index contributed by atoms with van der Waals surface area (Å²) in [6.45, 7) is 6.37. The highest BCUT2D eigenvalue weighted by molar-refractivity contribution is 7.12. The van der Waals surface area contributed by atoms with Gasteiger partial charge in [-0.25, -0.2) is 4.99 Å². The van der Waals surface area contributed by atoms with Gasteiger partial charge in [0.25, 0.3) is 11.9 Å². The van der Waals surface area contributed by atoms with Gasteiger partial charge in [-0.15, -0.1) is 11.3 Å². The highest BCUT2D eigenvalue weighted by atomic mass is 32.1. The quantitative estimate of drug-likeness (QED) is 0.663. The van der Waals surface area contributed by atoms with E-state index in [1.165, 1.54) is 11.3 Å². The molecule has 94 valence electrons. The van der Waals surface area contributed by atoms with Crippen LogP contribution in [0.3, 0.4) is 0 Å². The van der Waals surface area contributed by atoms with E-state index in [9.17, 15) is 4.79 Å². The van der Waals surface area contributed by atoms with E-state index >= 15 is 0 Å². The second-order valence-corrected chi connectivity index (χ2v) is 4.50. The lowest BCUT2D eigenvalue weighted by atomic mass is 10.3. The van der Waals surface area contributed by atoms with Crippen LogP contribution in [-0.4, -0.2) is 24.6 Å². The van der Waals surface area contributed by atoms with E-state index in [0.717, 1.165) is 6.42 Å². The molecule has 1 rings (SSSR count). The topological polar surface area (TPSA) is 50.7 Å². The number of carbonyl (C=O) groups is 1. The van der Waals surface area contributed by atoms with Crippen LogP contribution in [0.2, 0.25) is 0 Å².